The van der Waals surface area contributed by atoms with Crippen LogP contribution < -0.4 is 15.7 Å². The molecule has 7 aromatic carbocycles. The summed E-state index contributed by atoms with van der Waals surface area (Å²) in [5.41, 5.74) is 20.2. The van der Waals surface area contributed by atoms with Crippen molar-refractivity contribution in [2.75, 3.05) is 4.81 Å². The van der Waals surface area contributed by atoms with Gasteiger partial charge in [0.1, 0.15) is 11.3 Å². The molecule has 57 heavy (non-hydrogen) atoms. The van der Waals surface area contributed by atoms with Crippen LogP contribution in [-0.4, -0.2) is 11.4 Å². The Morgan fingerprint density at radius 1 is 0.596 bits per heavy atom. The Hall–Kier alpha value is -6.26. The highest BCUT2D eigenvalue weighted by Gasteiger charge is 2.46. The SMILES string of the molecule is Cc1cc2c3c4c1c1ccccc1n4-c1cc4c(-c5ccccc5)c(-c5ccccc5)oc4cc1B3N(c1ccc3c(c1)C(C)(C)CCC3(C)C)c1ccccc1-2. The molecule has 0 N–H and O–H groups in total. The van der Waals surface area contributed by atoms with Gasteiger partial charge in [-0.25, -0.2) is 0 Å². The van der Waals surface area contributed by atoms with E-state index < -0.39 is 0 Å². The van der Waals surface area contributed by atoms with E-state index in [1.165, 1.54) is 90.5 Å². The number of hydrogen-bond acceptors (Lipinski definition) is 2. The molecule has 12 rings (SSSR count). The lowest BCUT2D eigenvalue weighted by molar-refractivity contribution is 0.332. The fraction of sp³-hybridized carbons (Fsp3) is 0.170. The Morgan fingerprint density at radius 2 is 1.28 bits per heavy atom. The minimum Gasteiger partial charge on any atom is -0.455 e. The van der Waals surface area contributed by atoms with Gasteiger partial charge in [-0.2, -0.15) is 0 Å². The van der Waals surface area contributed by atoms with Crippen molar-refractivity contribution in [3.05, 3.63) is 162 Å². The standard InChI is InChI=1S/C53H43BN2O/c1-32-28-38-36-20-12-15-23-44(36)56(35-24-25-40-41(29-35)53(4,5)27-26-52(40,2)3)54-42-31-46-39(30-45(42)55-43-22-14-13-21-37(43)47(32)50(55)49(38)54)48(33-16-8-6-9-17-33)51(57-46)34-18-10-7-11-19-34/h6-25,28-31H,26-27H2,1-5H3. The summed E-state index contributed by atoms with van der Waals surface area (Å²) in [7, 11) is 0. The Labute approximate surface area is 334 Å². The average molecular weight is 735 g/mol. The van der Waals surface area contributed by atoms with Gasteiger partial charge in [-0.05, 0) is 106 Å². The molecule has 274 valence electrons. The minimum absolute atomic E-state index is 0.0807. The maximum absolute atomic E-state index is 7.10. The van der Waals surface area contributed by atoms with Crippen molar-refractivity contribution in [3.63, 3.8) is 0 Å². The molecule has 0 unspecified atom stereocenters. The van der Waals surface area contributed by atoms with Crippen molar-refractivity contribution >= 4 is 61.9 Å². The van der Waals surface area contributed by atoms with Crippen molar-refractivity contribution < 1.29 is 4.42 Å². The van der Waals surface area contributed by atoms with E-state index in [0.717, 1.165) is 33.4 Å². The Morgan fingerprint density at radius 3 is 2.07 bits per heavy atom. The second-order valence-corrected chi connectivity index (χ2v) is 18.0. The number of para-hydroxylation sites is 2. The van der Waals surface area contributed by atoms with Gasteiger partial charge in [-0.1, -0.05) is 137 Å². The lowest BCUT2D eigenvalue weighted by Gasteiger charge is -2.45. The number of hydrogen-bond donors (Lipinski definition) is 0. The maximum atomic E-state index is 7.10. The second kappa shape index (κ2) is 11.4. The van der Waals surface area contributed by atoms with Crippen LogP contribution in [-0.2, 0) is 10.8 Å². The van der Waals surface area contributed by atoms with Crippen LogP contribution in [0.1, 0.15) is 57.2 Å². The van der Waals surface area contributed by atoms with E-state index in [1.54, 1.807) is 0 Å². The van der Waals surface area contributed by atoms with Crippen LogP contribution in [0, 0.1) is 6.92 Å². The molecule has 0 spiro atoms. The van der Waals surface area contributed by atoms with Crippen molar-refractivity contribution in [1.29, 1.82) is 0 Å². The van der Waals surface area contributed by atoms with E-state index in [1.807, 2.05) is 0 Å². The van der Waals surface area contributed by atoms with Crippen LogP contribution in [0.25, 0.3) is 72.0 Å². The molecule has 9 aromatic rings. The van der Waals surface area contributed by atoms with Gasteiger partial charge in [-0.3, -0.25) is 0 Å². The lowest BCUT2D eigenvalue weighted by Crippen LogP contribution is -2.60. The van der Waals surface area contributed by atoms with Gasteiger partial charge in [0.25, 0.3) is 0 Å². The number of rotatable bonds is 3. The van der Waals surface area contributed by atoms with Gasteiger partial charge in [0.2, 0.25) is 0 Å². The molecule has 0 fully saturated rings. The second-order valence-electron chi connectivity index (χ2n) is 18.0. The van der Waals surface area contributed by atoms with Crippen LogP contribution in [0.15, 0.2) is 150 Å². The molecule has 0 radical (unpaired) electrons. The zero-order chi connectivity index (χ0) is 38.4. The molecule has 3 aliphatic rings. The van der Waals surface area contributed by atoms with E-state index in [9.17, 15) is 0 Å². The van der Waals surface area contributed by atoms with Gasteiger partial charge in [0.05, 0.1) is 11.0 Å². The topological polar surface area (TPSA) is 21.3 Å². The number of furan rings is 1. The minimum atomic E-state index is -0.0857. The number of nitrogens with zero attached hydrogens (tertiary/aromatic N) is 2. The van der Waals surface area contributed by atoms with E-state index >= 15 is 0 Å². The van der Waals surface area contributed by atoms with E-state index in [-0.39, 0.29) is 17.7 Å². The van der Waals surface area contributed by atoms with Crippen LogP contribution in [0.4, 0.5) is 11.4 Å². The number of anilines is 2. The van der Waals surface area contributed by atoms with Gasteiger partial charge >= 0.3 is 6.85 Å². The third kappa shape index (κ3) is 4.44. The first-order valence-corrected chi connectivity index (χ1v) is 20.5. The first kappa shape index (κ1) is 32.9. The summed E-state index contributed by atoms with van der Waals surface area (Å²) < 4.78 is 9.68. The Kier molecular flexibility index (Phi) is 6.60. The number of fused-ring (bicyclic) bond motifs is 10. The largest absolute Gasteiger partial charge is 0.455 e. The summed E-state index contributed by atoms with van der Waals surface area (Å²) in [5.74, 6) is 0.904. The van der Waals surface area contributed by atoms with Crippen LogP contribution in [0.3, 0.4) is 0 Å². The Balaban J connectivity index is 1.23. The van der Waals surface area contributed by atoms with Gasteiger partial charge < -0.3 is 13.8 Å². The summed E-state index contributed by atoms with van der Waals surface area (Å²) in [5, 5.41) is 3.76. The summed E-state index contributed by atoms with van der Waals surface area (Å²) in [6.07, 6.45) is 2.37. The molecule has 0 amide bonds. The number of aryl methyl sites for hydroxylation is 1. The number of benzene rings is 7. The van der Waals surface area contributed by atoms with Crippen LogP contribution >= 0.6 is 0 Å². The molecule has 3 nitrogen and oxygen atoms in total. The molecule has 4 heteroatoms. The predicted octanol–water partition coefficient (Wildman–Crippen LogP) is 12.8. The fourth-order valence-electron chi connectivity index (χ4n) is 10.9. The molecule has 0 saturated heterocycles. The quantitative estimate of drug-likeness (QED) is 0.169. The average Bonchev–Trinajstić information content (AvgIpc) is 3.79. The van der Waals surface area contributed by atoms with Crippen molar-refractivity contribution in [3.8, 4) is 39.3 Å². The number of aromatic nitrogens is 1. The summed E-state index contributed by atoms with van der Waals surface area (Å²) in [6.45, 7) is 11.9. The zero-order valence-corrected chi connectivity index (χ0v) is 33.2. The molecule has 0 atom stereocenters. The van der Waals surface area contributed by atoms with Gasteiger partial charge in [-0.15, -0.1) is 0 Å². The molecule has 1 aliphatic carbocycles. The summed E-state index contributed by atoms with van der Waals surface area (Å²) >= 11 is 0. The normalized spacial score (nSPS) is 15.9. The summed E-state index contributed by atoms with van der Waals surface area (Å²) in [4.78, 5) is 2.66. The third-order valence-electron chi connectivity index (χ3n) is 13.7. The highest BCUT2D eigenvalue weighted by molar-refractivity contribution is 6.93. The fourth-order valence-corrected chi connectivity index (χ4v) is 10.9. The van der Waals surface area contributed by atoms with E-state index in [2.05, 4.69) is 190 Å². The highest BCUT2D eigenvalue weighted by Crippen LogP contribution is 2.51. The zero-order valence-electron chi connectivity index (χ0n) is 33.2. The maximum Gasteiger partial charge on any atom is 0.333 e. The van der Waals surface area contributed by atoms with Gasteiger partial charge in [0.15, 0.2) is 0 Å². The first-order chi connectivity index (χ1) is 27.7. The lowest BCUT2D eigenvalue weighted by atomic mass is 9.43. The Bertz CT molecular complexity index is 3150. The van der Waals surface area contributed by atoms with E-state index in [0.29, 0.717) is 0 Å². The van der Waals surface area contributed by atoms with Gasteiger partial charge in [0, 0.05) is 49.9 Å². The summed E-state index contributed by atoms with van der Waals surface area (Å²) in [6, 6.07) is 54.1. The van der Waals surface area contributed by atoms with Crippen molar-refractivity contribution in [2.24, 2.45) is 0 Å². The smallest absolute Gasteiger partial charge is 0.333 e. The molecule has 2 aromatic heterocycles. The molecule has 4 heterocycles. The predicted molar refractivity (Wildman–Crippen MR) is 240 cm³/mol. The van der Waals surface area contributed by atoms with Crippen molar-refractivity contribution in [2.45, 2.75) is 58.3 Å². The van der Waals surface area contributed by atoms with Crippen molar-refractivity contribution in [1.82, 2.24) is 4.57 Å². The van der Waals surface area contributed by atoms with E-state index in [4.69, 9.17) is 4.42 Å². The highest BCUT2D eigenvalue weighted by atomic mass is 16.3. The first-order valence-electron chi connectivity index (χ1n) is 20.5. The molecule has 0 bridgehead atoms. The molecular weight excluding hydrogens is 691 g/mol. The van der Waals surface area contributed by atoms with Crippen LogP contribution in [0.5, 0.6) is 0 Å². The molecular formula is C53H43BN2O. The third-order valence-corrected chi connectivity index (χ3v) is 13.7. The molecule has 0 saturated carbocycles. The monoisotopic (exact) mass is 734 g/mol. The molecule has 2 aliphatic heterocycles. The van der Waals surface area contributed by atoms with Crippen LogP contribution in [0.2, 0.25) is 0 Å².